The van der Waals surface area contributed by atoms with Gasteiger partial charge in [0.2, 0.25) is 5.90 Å². The molecule has 2 aliphatic rings. The molecule has 0 saturated carbocycles. The molecule has 2 aromatic carbocycles. The summed E-state index contributed by atoms with van der Waals surface area (Å²) in [5, 5.41) is 11.6. The average Bonchev–Trinajstić information content (AvgIpc) is 2.80. The van der Waals surface area contributed by atoms with E-state index in [2.05, 4.69) is 10.2 Å². The Balaban J connectivity index is 1.48. The van der Waals surface area contributed by atoms with E-state index in [0.29, 0.717) is 6.54 Å². The van der Waals surface area contributed by atoms with Gasteiger partial charge in [-0.25, -0.2) is 4.99 Å². The molecule has 8 heteroatoms. The van der Waals surface area contributed by atoms with Crippen LogP contribution in [0, 0.1) is 5.41 Å². The molecule has 2 heterocycles. The maximum Gasteiger partial charge on any atom is 0.213 e. The Morgan fingerprint density at radius 1 is 1.18 bits per heavy atom. The first-order chi connectivity index (χ1) is 16.4. The summed E-state index contributed by atoms with van der Waals surface area (Å²) in [6, 6.07) is 15.7. The van der Waals surface area contributed by atoms with Crippen LogP contribution in [0.15, 0.2) is 69.8 Å². The molecular weight excluding hydrogens is 446 g/mol. The molecule has 1 saturated heterocycles. The van der Waals surface area contributed by atoms with Crippen LogP contribution >= 0.6 is 0 Å². The number of aliphatic imine (C=N–C) groups is 1. The van der Waals surface area contributed by atoms with Crippen LogP contribution in [0.3, 0.4) is 0 Å². The van der Waals surface area contributed by atoms with Crippen LogP contribution in [0.1, 0.15) is 37.0 Å². The topological polar surface area (TPSA) is 87.0 Å². The van der Waals surface area contributed by atoms with Crippen molar-refractivity contribution in [2.75, 3.05) is 33.7 Å². The van der Waals surface area contributed by atoms with Crippen molar-refractivity contribution in [3.8, 4) is 0 Å². The second-order valence-corrected chi connectivity index (χ2v) is 10.2. The monoisotopic (exact) mass is 479 g/mol. The molecule has 0 amide bonds. The largest absolute Gasteiger partial charge is 0.593 e. The van der Waals surface area contributed by atoms with Gasteiger partial charge in [0.15, 0.2) is 4.90 Å². The smallest absolute Gasteiger partial charge is 0.213 e. The zero-order chi connectivity index (χ0) is 24.2. The predicted octanol–water partition coefficient (Wildman–Crippen LogP) is 3.53. The van der Waals surface area contributed by atoms with Crippen LogP contribution in [0.25, 0.3) is 0 Å². The Hall–Kier alpha value is -2.65. The lowest BCUT2D eigenvalue weighted by Gasteiger charge is -2.31. The number of rotatable bonds is 8. The van der Waals surface area contributed by atoms with Crippen LogP contribution in [0.4, 0.5) is 0 Å². The van der Waals surface area contributed by atoms with Crippen molar-refractivity contribution in [2.45, 2.75) is 37.8 Å². The van der Waals surface area contributed by atoms with Crippen molar-refractivity contribution in [3.05, 3.63) is 76.6 Å². The zero-order valence-corrected chi connectivity index (χ0v) is 21.1. The average molecular weight is 480 g/mol. The van der Waals surface area contributed by atoms with Gasteiger partial charge in [0.1, 0.15) is 6.10 Å². The predicted molar refractivity (Wildman–Crippen MR) is 137 cm³/mol. The number of hydrogen-bond acceptors (Lipinski definition) is 7. The molecule has 0 aliphatic carbocycles. The van der Waals surface area contributed by atoms with Crippen LogP contribution in [-0.4, -0.2) is 65.2 Å². The number of likely N-dealkylation sites (N-methyl/N-ethyl adjacent to an activating group) is 1. The molecule has 2 aliphatic heterocycles. The van der Waals surface area contributed by atoms with Gasteiger partial charge in [0.05, 0.1) is 29.3 Å². The van der Waals surface area contributed by atoms with E-state index in [1.165, 1.54) is 0 Å². The third-order valence-corrected chi connectivity index (χ3v) is 7.81. The molecule has 4 rings (SSSR count). The summed E-state index contributed by atoms with van der Waals surface area (Å²) >= 11 is -1.08. The minimum atomic E-state index is -1.08. The van der Waals surface area contributed by atoms with Crippen molar-refractivity contribution in [1.29, 1.82) is 5.41 Å². The molecule has 1 fully saturated rings. The Labute approximate surface area is 205 Å². The van der Waals surface area contributed by atoms with Crippen LogP contribution < -0.4 is 5.32 Å². The number of nitrogens with one attached hydrogen (secondary N) is 2. The molecule has 34 heavy (non-hydrogen) atoms. The Bertz CT molecular complexity index is 1080. The molecule has 0 spiro atoms. The van der Waals surface area contributed by atoms with Gasteiger partial charge in [-0.15, -0.1) is 4.31 Å². The fourth-order valence-corrected chi connectivity index (χ4v) is 5.24. The van der Waals surface area contributed by atoms with Crippen LogP contribution in [0.2, 0.25) is 0 Å². The number of allylic oxidation sites excluding steroid dienone is 1. The molecule has 7 nitrogen and oxygen atoms in total. The zero-order valence-electron chi connectivity index (χ0n) is 20.3. The second kappa shape index (κ2) is 10.7. The van der Waals surface area contributed by atoms with Gasteiger partial charge < -0.3 is 19.5 Å². The Morgan fingerprint density at radius 2 is 1.85 bits per heavy atom. The fraction of sp³-hybridized carbons (Fsp3) is 0.385. The van der Waals surface area contributed by atoms with E-state index in [-0.39, 0.29) is 12.0 Å². The standard InChI is InChI=1S/C26H33N5O2S/c1-18-25(19(2)33-26(27)22-8-6-20(7-9-22)16-28-3)29-24(17-30(18)4)21-10-12-23(13-11-21)34(32)31-14-5-15-31/h6-13,19,27-28H,5,14-17H2,1-4H3. The first-order valence-electron chi connectivity index (χ1n) is 11.6. The highest BCUT2D eigenvalue weighted by molar-refractivity contribution is 7.89. The van der Waals surface area contributed by atoms with E-state index < -0.39 is 11.4 Å². The molecule has 2 aromatic rings. The van der Waals surface area contributed by atoms with Gasteiger partial charge in [0, 0.05) is 37.9 Å². The minimum absolute atomic E-state index is 0.131. The summed E-state index contributed by atoms with van der Waals surface area (Å²) in [7, 11) is 3.95. The summed E-state index contributed by atoms with van der Waals surface area (Å²) in [4.78, 5) is 7.92. The van der Waals surface area contributed by atoms with E-state index in [9.17, 15) is 4.55 Å². The highest BCUT2D eigenvalue weighted by atomic mass is 32.2. The van der Waals surface area contributed by atoms with Crippen LogP contribution in [0.5, 0.6) is 0 Å². The van der Waals surface area contributed by atoms with Gasteiger partial charge in [0.25, 0.3) is 0 Å². The molecule has 2 unspecified atom stereocenters. The molecule has 0 bridgehead atoms. The Kier molecular flexibility index (Phi) is 7.73. The molecular formula is C26H33N5O2S. The lowest BCUT2D eigenvalue weighted by molar-refractivity contribution is 0.234. The summed E-state index contributed by atoms with van der Waals surface area (Å²) in [5.74, 6) is 0.131. The van der Waals surface area contributed by atoms with E-state index in [1.54, 1.807) is 0 Å². The highest BCUT2D eigenvalue weighted by Gasteiger charge is 2.28. The number of benzene rings is 2. The van der Waals surface area contributed by atoms with Gasteiger partial charge in [-0.3, -0.25) is 5.41 Å². The third kappa shape index (κ3) is 5.36. The van der Waals surface area contributed by atoms with Gasteiger partial charge in [-0.05, 0) is 74.8 Å². The highest BCUT2D eigenvalue weighted by Crippen LogP contribution is 2.25. The Morgan fingerprint density at radius 3 is 2.44 bits per heavy atom. The molecule has 0 radical (unpaired) electrons. The maximum atomic E-state index is 12.6. The summed E-state index contributed by atoms with van der Waals surface area (Å²) in [6.07, 6.45) is 0.737. The van der Waals surface area contributed by atoms with Gasteiger partial charge >= 0.3 is 0 Å². The van der Waals surface area contributed by atoms with Crippen molar-refractivity contribution in [3.63, 3.8) is 0 Å². The number of ether oxygens (including phenoxy) is 1. The van der Waals surface area contributed by atoms with E-state index >= 15 is 0 Å². The summed E-state index contributed by atoms with van der Waals surface area (Å²) in [5.41, 5.74) is 5.68. The van der Waals surface area contributed by atoms with Gasteiger partial charge in [-0.2, -0.15) is 0 Å². The van der Waals surface area contributed by atoms with Gasteiger partial charge in [-0.1, -0.05) is 12.1 Å². The first kappa shape index (κ1) is 24.5. The maximum absolute atomic E-state index is 12.6. The first-order valence-corrected chi connectivity index (χ1v) is 12.7. The van der Waals surface area contributed by atoms with E-state index in [4.69, 9.17) is 15.1 Å². The van der Waals surface area contributed by atoms with Crippen molar-refractivity contribution < 1.29 is 9.29 Å². The second-order valence-electron chi connectivity index (χ2n) is 8.76. The summed E-state index contributed by atoms with van der Waals surface area (Å²) in [6.45, 7) is 7.22. The lowest BCUT2D eigenvalue weighted by atomic mass is 10.1. The fourth-order valence-electron chi connectivity index (χ4n) is 3.99. The SMILES string of the molecule is CNCc1ccc(C(=N)OC(C)C2=C(C)N(C)CC(c3ccc([S+]([O-])N4CCC4)cc3)=N2)cc1. The van der Waals surface area contributed by atoms with Crippen LogP contribution in [-0.2, 0) is 22.6 Å². The molecule has 180 valence electrons. The number of nitrogens with zero attached hydrogens (tertiary/aromatic N) is 3. The molecule has 2 N–H and O–H groups in total. The van der Waals surface area contributed by atoms with E-state index in [1.807, 2.05) is 80.8 Å². The minimum Gasteiger partial charge on any atom is -0.593 e. The normalized spacial score (nSPS) is 18.3. The van der Waals surface area contributed by atoms with Crippen molar-refractivity contribution in [1.82, 2.24) is 14.5 Å². The lowest BCUT2D eigenvalue weighted by Crippen LogP contribution is -2.41. The van der Waals surface area contributed by atoms with Crippen molar-refractivity contribution >= 4 is 23.0 Å². The quantitative estimate of drug-likeness (QED) is 0.344. The van der Waals surface area contributed by atoms with Crippen molar-refractivity contribution in [2.24, 2.45) is 4.99 Å². The summed E-state index contributed by atoms with van der Waals surface area (Å²) < 4.78 is 20.6. The van der Waals surface area contributed by atoms with E-state index in [0.717, 1.165) is 64.7 Å². The number of hydrogen-bond donors (Lipinski definition) is 2. The molecule has 2 atom stereocenters. The third-order valence-electron chi connectivity index (χ3n) is 6.30. The molecule has 0 aromatic heterocycles.